The molecule has 9 heteroatoms. The van der Waals surface area contributed by atoms with Gasteiger partial charge in [0.1, 0.15) is 5.82 Å². The Morgan fingerprint density at radius 3 is 2.23 bits per heavy atom. The number of rotatable bonds is 4. The summed E-state index contributed by atoms with van der Waals surface area (Å²) in [6.45, 7) is 1.13. The number of benzene rings is 2. The minimum absolute atomic E-state index is 0.00530. The van der Waals surface area contributed by atoms with Gasteiger partial charge in [0.15, 0.2) is 5.11 Å². The number of hydrogen-bond donors (Lipinski definition) is 2. The highest BCUT2D eigenvalue weighted by molar-refractivity contribution is 7.89. The van der Waals surface area contributed by atoms with E-state index >= 15 is 0 Å². The monoisotopic (exact) mass is 413 g/mol. The quantitative estimate of drug-likeness (QED) is 0.740. The molecule has 0 saturated carbocycles. The molecule has 1 fully saturated rings. The Hall–Kier alpha value is -1.74. The van der Waals surface area contributed by atoms with Crippen molar-refractivity contribution in [2.24, 2.45) is 0 Å². The topological polar surface area (TPSA) is 61.4 Å². The molecular formula is C17H17ClFN3O2S2. The van der Waals surface area contributed by atoms with Gasteiger partial charge in [0, 0.05) is 24.5 Å². The van der Waals surface area contributed by atoms with E-state index in [1.807, 2.05) is 0 Å². The lowest BCUT2D eigenvalue weighted by molar-refractivity contribution is 0.477. The van der Waals surface area contributed by atoms with Crippen LogP contribution in [-0.4, -0.2) is 30.9 Å². The van der Waals surface area contributed by atoms with Crippen LogP contribution in [0.1, 0.15) is 12.8 Å². The summed E-state index contributed by atoms with van der Waals surface area (Å²) in [5, 5.41) is 6.11. The van der Waals surface area contributed by atoms with Crippen molar-refractivity contribution in [3.8, 4) is 0 Å². The number of sulfonamides is 1. The predicted molar refractivity (Wildman–Crippen MR) is 106 cm³/mol. The molecule has 1 heterocycles. The summed E-state index contributed by atoms with van der Waals surface area (Å²) in [7, 11) is -3.43. The highest BCUT2D eigenvalue weighted by Gasteiger charge is 2.26. The molecule has 0 unspecified atom stereocenters. The molecule has 1 aliphatic rings. The molecule has 3 rings (SSSR count). The van der Waals surface area contributed by atoms with Gasteiger partial charge in [-0.2, -0.15) is 4.31 Å². The highest BCUT2D eigenvalue weighted by Crippen LogP contribution is 2.23. The Bertz CT molecular complexity index is 914. The van der Waals surface area contributed by atoms with Crippen molar-refractivity contribution in [3.63, 3.8) is 0 Å². The van der Waals surface area contributed by atoms with E-state index < -0.39 is 15.8 Å². The first-order valence-electron chi connectivity index (χ1n) is 7.99. The number of nitrogens with zero attached hydrogens (tertiary/aromatic N) is 1. The molecule has 2 N–H and O–H groups in total. The Kier molecular flexibility index (Phi) is 5.76. The zero-order valence-electron chi connectivity index (χ0n) is 13.7. The van der Waals surface area contributed by atoms with Crippen LogP contribution < -0.4 is 10.6 Å². The fraction of sp³-hybridized carbons (Fsp3) is 0.235. The maximum absolute atomic E-state index is 13.2. The van der Waals surface area contributed by atoms with Crippen molar-refractivity contribution in [1.29, 1.82) is 0 Å². The largest absolute Gasteiger partial charge is 0.332 e. The molecule has 5 nitrogen and oxygen atoms in total. The minimum Gasteiger partial charge on any atom is -0.332 e. The van der Waals surface area contributed by atoms with Gasteiger partial charge in [0.05, 0.1) is 9.92 Å². The lowest BCUT2D eigenvalue weighted by atomic mass is 10.3. The van der Waals surface area contributed by atoms with E-state index in [0.29, 0.717) is 24.5 Å². The molecule has 0 atom stereocenters. The van der Waals surface area contributed by atoms with Gasteiger partial charge in [-0.25, -0.2) is 12.8 Å². The second-order valence-electron chi connectivity index (χ2n) is 5.84. The normalized spacial score (nSPS) is 15.0. The average Bonchev–Trinajstić information content (AvgIpc) is 3.14. The first kappa shape index (κ1) is 19.0. The molecule has 0 radical (unpaired) electrons. The van der Waals surface area contributed by atoms with Crippen molar-refractivity contribution >= 4 is 50.3 Å². The molecule has 2 aromatic rings. The van der Waals surface area contributed by atoms with Crippen LogP contribution in [0.3, 0.4) is 0 Å². The predicted octanol–water partition coefficient (Wildman–Crippen LogP) is 4.07. The number of hydrogen-bond acceptors (Lipinski definition) is 3. The van der Waals surface area contributed by atoms with Crippen LogP contribution in [0.2, 0.25) is 5.02 Å². The van der Waals surface area contributed by atoms with E-state index in [4.69, 9.17) is 23.8 Å². The van der Waals surface area contributed by atoms with Gasteiger partial charge in [0.25, 0.3) is 0 Å². The molecule has 0 aliphatic carbocycles. The fourth-order valence-electron chi connectivity index (χ4n) is 2.66. The van der Waals surface area contributed by atoms with E-state index in [1.165, 1.54) is 22.5 Å². The summed E-state index contributed by atoms with van der Waals surface area (Å²) in [6.07, 6.45) is 1.79. The summed E-state index contributed by atoms with van der Waals surface area (Å²) in [6, 6.07) is 10.6. The molecule has 2 aromatic carbocycles. The van der Waals surface area contributed by atoms with Crippen LogP contribution in [0.4, 0.5) is 15.8 Å². The standard InChI is InChI=1S/C17H17ClFN3O2S2/c18-15-11-13(5-8-16(15)19)21-17(25)20-12-3-6-14(7-4-12)26(23,24)22-9-1-2-10-22/h3-8,11H,1-2,9-10H2,(H2,20,21,25). The Labute approximate surface area is 162 Å². The lowest BCUT2D eigenvalue weighted by Crippen LogP contribution is -2.27. The Morgan fingerprint density at radius 2 is 1.62 bits per heavy atom. The number of nitrogens with one attached hydrogen (secondary N) is 2. The SMILES string of the molecule is O=S(=O)(c1ccc(NC(=S)Nc2ccc(F)c(Cl)c2)cc1)N1CCCC1. The van der Waals surface area contributed by atoms with Crippen molar-refractivity contribution in [2.75, 3.05) is 23.7 Å². The van der Waals surface area contributed by atoms with Crippen LogP contribution >= 0.6 is 23.8 Å². The summed E-state index contributed by atoms with van der Waals surface area (Å²) >= 11 is 10.9. The third-order valence-corrected chi connectivity index (χ3v) is 6.40. The number of thiocarbonyl (C=S) groups is 1. The van der Waals surface area contributed by atoms with Crippen molar-refractivity contribution in [2.45, 2.75) is 17.7 Å². The van der Waals surface area contributed by atoms with E-state index in [1.54, 1.807) is 24.3 Å². The molecule has 138 valence electrons. The molecule has 26 heavy (non-hydrogen) atoms. The highest BCUT2D eigenvalue weighted by atomic mass is 35.5. The first-order chi connectivity index (χ1) is 12.4. The second kappa shape index (κ2) is 7.87. The zero-order valence-corrected chi connectivity index (χ0v) is 16.1. The van der Waals surface area contributed by atoms with E-state index in [0.717, 1.165) is 12.8 Å². The molecule has 0 bridgehead atoms. The lowest BCUT2D eigenvalue weighted by Gasteiger charge is -2.16. The molecule has 1 saturated heterocycles. The molecular weight excluding hydrogens is 397 g/mol. The van der Waals surface area contributed by atoms with Gasteiger partial charge in [-0.3, -0.25) is 0 Å². The van der Waals surface area contributed by atoms with Gasteiger partial charge >= 0.3 is 0 Å². The first-order valence-corrected chi connectivity index (χ1v) is 10.2. The fourth-order valence-corrected chi connectivity index (χ4v) is 4.59. The van der Waals surface area contributed by atoms with Crippen LogP contribution in [0.5, 0.6) is 0 Å². The van der Waals surface area contributed by atoms with Gasteiger partial charge in [0.2, 0.25) is 10.0 Å². The van der Waals surface area contributed by atoms with E-state index in [9.17, 15) is 12.8 Å². The van der Waals surface area contributed by atoms with Crippen molar-refractivity contribution in [3.05, 3.63) is 53.3 Å². The summed E-state index contributed by atoms with van der Waals surface area (Å²) < 4.78 is 39.7. The van der Waals surface area contributed by atoms with E-state index in [2.05, 4.69) is 10.6 Å². The summed E-state index contributed by atoms with van der Waals surface area (Å²) in [5.41, 5.74) is 1.18. The van der Waals surface area contributed by atoms with Crippen LogP contribution in [0.25, 0.3) is 0 Å². The molecule has 0 aromatic heterocycles. The second-order valence-corrected chi connectivity index (χ2v) is 8.60. The van der Waals surface area contributed by atoms with Gasteiger partial charge in [-0.1, -0.05) is 11.6 Å². The van der Waals surface area contributed by atoms with Crippen LogP contribution in [0, 0.1) is 5.82 Å². The van der Waals surface area contributed by atoms with Gasteiger partial charge < -0.3 is 10.6 Å². The van der Waals surface area contributed by atoms with Crippen LogP contribution in [-0.2, 0) is 10.0 Å². The average molecular weight is 414 g/mol. The number of anilines is 2. The molecule has 0 amide bonds. The third-order valence-electron chi connectivity index (χ3n) is 3.99. The smallest absolute Gasteiger partial charge is 0.243 e. The van der Waals surface area contributed by atoms with Crippen LogP contribution in [0.15, 0.2) is 47.4 Å². The van der Waals surface area contributed by atoms with Gasteiger partial charge in [-0.15, -0.1) is 0 Å². The molecule has 1 aliphatic heterocycles. The minimum atomic E-state index is -3.43. The van der Waals surface area contributed by atoms with Crippen molar-refractivity contribution in [1.82, 2.24) is 4.31 Å². The number of halogens is 2. The maximum Gasteiger partial charge on any atom is 0.243 e. The third kappa shape index (κ3) is 4.32. The summed E-state index contributed by atoms with van der Waals surface area (Å²) in [4.78, 5) is 0.258. The Morgan fingerprint density at radius 1 is 1.04 bits per heavy atom. The zero-order chi connectivity index (χ0) is 18.7. The van der Waals surface area contributed by atoms with E-state index in [-0.39, 0.29) is 15.0 Å². The summed E-state index contributed by atoms with van der Waals surface area (Å²) in [5.74, 6) is -0.508. The van der Waals surface area contributed by atoms with Crippen molar-refractivity contribution < 1.29 is 12.8 Å². The molecule has 0 spiro atoms. The Balaban J connectivity index is 1.65. The van der Waals surface area contributed by atoms with Gasteiger partial charge in [-0.05, 0) is 67.5 Å². The maximum atomic E-state index is 13.2.